The zero-order valence-electron chi connectivity index (χ0n) is 14.3. The molecule has 0 aliphatic carbocycles. The standard InChI is InChI=1S/C18H24O6/c1-4-23-16(21)18(12-15(19)20,17(22)24-5-2)11-10-14-9-7-6-8-13(14)3/h6-9H,4-5,10-12H2,1-3H3,(H,19,20). The normalized spacial score (nSPS) is 11.0. The molecular weight excluding hydrogens is 312 g/mol. The van der Waals surface area contributed by atoms with Crippen LogP contribution >= 0.6 is 0 Å². The molecule has 0 fully saturated rings. The van der Waals surface area contributed by atoms with Gasteiger partial charge in [0.15, 0.2) is 5.41 Å². The SMILES string of the molecule is CCOC(=O)C(CCc1ccccc1C)(CC(=O)O)C(=O)OCC. The third kappa shape index (κ3) is 4.81. The predicted molar refractivity (Wildman–Crippen MR) is 87.5 cm³/mol. The van der Waals surface area contributed by atoms with Gasteiger partial charge < -0.3 is 14.6 Å². The summed E-state index contributed by atoms with van der Waals surface area (Å²) in [5, 5.41) is 9.22. The number of benzene rings is 1. The van der Waals surface area contributed by atoms with Crippen LogP contribution in [0.1, 0.15) is 37.8 Å². The molecule has 6 heteroatoms. The van der Waals surface area contributed by atoms with E-state index in [1.807, 2.05) is 31.2 Å². The zero-order chi connectivity index (χ0) is 18.2. The van der Waals surface area contributed by atoms with Crippen molar-refractivity contribution in [3.8, 4) is 0 Å². The number of aryl methyl sites for hydroxylation is 2. The molecule has 1 N–H and O–H groups in total. The van der Waals surface area contributed by atoms with E-state index in [1.54, 1.807) is 13.8 Å². The fraction of sp³-hybridized carbons (Fsp3) is 0.500. The van der Waals surface area contributed by atoms with E-state index in [1.165, 1.54) is 0 Å². The fourth-order valence-electron chi connectivity index (χ4n) is 2.56. The summed E-state index contributed by atoms with van der Waals surface area (Å²) in [6.45, 7) is 5.25. The lowest BCUT2D eigenvalue weighted by Crippen LogP contribution is -2.44. The van der Waals surface area contributed by atoms with Crippen molar-refractivity contribution in [2.45, 2.75) is 40.0 Å². The molecule has 0 atom stereocenters. The van der Waals surface area contributed by atoms with Gasteiger partial charge in [-0.3, -0.25) is 14.4 Å². The summed E-state index contributed by atoms with van der Waals surface area (Å²) in [5.74, 6) is -2.94. The Hall–Kier alpha value is -2.37. The van der Waals surface area contributed by atoms with Gasteiger partial charge in [-0.2, -0.15) is 0 Å². The number of carboxylic acids is 1. The summed E-state index contributed by atoms with van der Waals surface area (Å²) in [4.78, 5) is 36.2. The Kier molecular flexibility index (Phi) is 7.42. The zero-order valence-corrected chi connectivity index (χ0v) is 14.3. The van der Waals surface area contributed by atoms with E-state index in [9.17, 15) is 19.5 Å². The molecule has 1 aromatic rings. The molecule has 0 aromatic heterocycles. The second-order valence-electron chi connectivity index (χ2n) is 5.52. The van der Waals surface area contributed by atoms with E-state index in [-0.39, 0.29) is 19.6 Å². The van der Waals surface area contributed by atoms with Crippen LogP contribution in [-0.2, 0) is 30.3 Å². The number of ether oxygens (including phenoxy) is 2. The van der Waals surface area contributed by atoms with E-state index in [4.69, 9.17) is 9.47 Å². The van der Waals surface area contributed by atoms with E-state index in [0.29, 0.717) is 6.42 Å². The van der Waals surface area contributed by atoms with Crippen molar-refractivity contribution >= 4 is 17.9 Å². The minimum absolute atomic E-state index is 0.0157. The summed E-state index contributed by atoms with van der Waals surface area (Å²) >= 11 is 0. The minimum atomic E-state index is -1.83. The molecule has 0 bridgehead atoms. The lowest BCUT2D eigenvalue weighted by atomic mass is 9.78. The Morgan fingerprint density at radius 3 is 2.04 bits per heavy atom. The molecule has 0 saturated heterocycles. The first-order valence-corrected chi connectivity index (χ1v) is 7.98. The maximum absolute atomic E-state index is 12.4. The molecule has 24 heavy (non-hydrogen) atoms. The molecule has 1 rings (SSSR count). The van der Waals surface area contributed by atoms with Gasteiger partial charge in [-0.05, 0) is 44.7 Å². The monoisotopic (exact) mass is 336 g/mol. The first-order valence-electron chi connectivity index (χ1n) is 7.98. The van der Waals surface area contributed by atoms with Crippen molar-refractivity contribution in [1.82, 2.24) is 0 Å². The summed E-state index contributed by atoms with van der Waals surface area (Å²) in [5.41, 5.74) is 0.121. The van der Waals surface area contributed by atoms with Gasteiger partial charge in [-0.1, -0.05) is 24.3 Å². The molecule has 0 unspecified atom stereocenters. The first kappa shape index (κ1) is 19.7. The number of hydrogen-bond donors (Lipinski definition) is 1. The third-order valence-electron chi connectivity index (χ3n) is 3.87. The van der Waals surface area contributed by atoms with Crippen LogP contribution in [0.15, 0.2) is 24.3 Å². The van der Waals surface area contributed by atoms with E-state index in [2.05, 4.69) is 0 Å². The van der Waals surface area contributed by atoms with Crippen LogP contribution in [0.3, 0.4) is 0 Å². The van der Waals surface area contributed by atoms with Crippen LogP contribution in [0.4, 0.5) is 0 Å². The number of esters is 2. The highest BCUT2D eigenvalue weighted by atomic mass is 16.6. The van der Waals surface area contributed by atoms with Crippen molar-refractivity contribution in [2.24, 2.45) is 5.41 Å². The quantitative estimate of drug-likeness (QED) is 0.550. The maximum atomic E-state index is 12.4. The van der Waals surface area contributed by atoms with Gasteiger partial charge >= 0.3 is 17.9 Å². The van der Waals surface area contributed by atoms with Gasteiger partial charge in [0.1, 0.15) is 0 Å². The van der Waals surface area contributed by atoms with Crippen molar-refractivity contribution in [3.05, 3.63) is 35.4 Å². The van der Waals surface area contributed by atoms with E-state index < -0.39 is 29.7 Å². The number of carboxylic acid groups (broad SMARTS) is 1. The number of carbonyl (C=O) groups is 3. The van der Waals surface area contributed by atoms with Gasteiger partial charge in [0.25, 0.3) is 0 Å². The van der Waals surface area contributed by atoms with Gasteiger partial charge in [0.2, 0.25) is 0 Å². The Morgan fingerprint density at radius 1 is 1.04 bits per heavy atom. The number of hydrogen-bond acceptors (Lipinski definition) is 5. The highest BCUT2D eigenvalue weighted by Crippen LogP contribution is 2.33. The Morgan fingerprint density at radius 2 is 1.58 bits per heavy atom. The van der Waals surface area contributed by atoms with Gasteiger partial charge in [-0.15, -0.1) is 0 Å². The number of rotatable bonds is 9. The lowest BCUT2D eigenvalue weighted by Gasteiger charge is -2.28. The smallest absolute Gasteiger partial charge is 0.324 e. The largest absolute Gasteiger partial charge is 0.481 e. The summed E-state index contributed by atoms with van der Waals surface area (Å²) < 4.78 is 9.98. The third-order valence-corrected chi connectivity index (χ3v) is 3.87. The van der Waals surface area contributed by atoms with Crippen molar-refractivity contribution < 1.29 is 29.0 Å². The molecular formula is C18H24O6. The van der Waals surface area contributed by atoms with Crippen molar-refractivity contribution in [3.63, 3.8) is 0 Å². The second kappa shape index (κ2) is 9.05. The van der Waals surface area contributed by atoms with Crippen LogP contribution in [0.2, 0.25) is 0 Å². The van der Waals surface area contributed by atoms with Crippen LogP contribution in [0.5, 0.6) is 0 Å². The molecule has 6 nitrogen and oxygen atoms in total. The molecule has 0 radical (unpaired) electrons. The Labute approximate surface area is 141 Å². The summed E-state index contributed by atoms with van der Waals surface area (Å²) in [6, 6.07) is 7.55. The molecule has 0 heterocycles. The van der Waals surface area contributed by atoms with Crippen LogP contribution in [0.25, 0.3) is 0 Å². The molecule has 0 aliphatic heterocycles. The highest BCUT2D eigenvalue weighted by molar-refractivity contribution is 6.02. The molecule has 0 saturated carbocycles. The van der Waals surface area contributed by atoms with Crippen molar-refractivity contribution in [1.29, 1.82) is 0 Å². The fourth-order valence-corrected chi connectivity index (χ4v) is 2.56. The van der Waals surface area contributed by atoms with Crippen LogP contribution in [-0.4, -0.2) is 36.2 Å². The average molecular weight is 336 g/mol. The molecule has 132 valence electrons. The van der Waals surface area contributed by atoms with Gasteiger partial charge in [0, 0.05) is 0 Å². The number of carbonyl (C=O) groups excluding carboxylic acids is 2. The molecule has 0 aliphatic rings. The Balaban J connectivity index is 3.17. The molecule has 0 amide bonds. The Bertz CT molecular complexity index is 575. The average Bonchev–Trinajstić information content (AvgIpc) is 2.52. The lowest BCUT2D eigenvalue weighted by molar-refractivity contribution is -0.176. The minimum Gasteiger partial charge on any atom is -0.481 e. The van der Waals surface area contributed by atoms with Crippen LogP contribution in [0, 0.1) is 12.3 Å². The summed E-state index contributed by atoms with van der Waals surface area (Å²) in [7, 11) is 0. The second-order valence-corrected chi connectivity index (χ2v) is 5.52. The molecule has 1 aromatic carbocycles. The summed E-state index contributed by atoms with van der Waals surface area (Å²) in [6.07, 6.45) is -0.268. The highest BCUT2D eigenvalue weighted by Gasteiger charge is 2.50. The molecule has 0 spiro atoms. The van der Waals surface area contributed by atoms with E-state index >= 15 is 0 Å². The first-order chi connectivity index (χ1) is 11.4. The number of aliphatic carboxylic acids is 1. The van der Waals surface area contributed by atoms with Gasteiger partial charge in [0.05, 0.1) is 19.6 Å². The van der Waals surface area contributed by atoms with Crippen LogP contribution < -0.4 is 0 Å². The topological polar surface area (TPSA) is 89.9 Å². The van der Waals surface area contributed by atoms with Gasteiger partial charge in [-0.25, -0.2) is 0 Å². The van der Waals surface area contributed by atoms with E-state index in [0.717, 1.165) is 11.1 Å². The van der Waals surface area contributed by atoms with Crippen molar-refractivity contribution in [2.75, 3.05) is 13.2 Å². The predicted octanol–water partition coefficient (Wildman–Crippen LogP) is 2.51. The maximum Gasteiger partial charge on any atom is 0.324 e.